The third-order valence-electron chi connectivity index (χ3n) is 2.20. The van der Waals surface area contributed by atoms with Crippen LogP contribution >= 0.6 is 23.1 Å². The van der Waals surface area contributed by atoms with E-state index in [-0.39, 0.29) is 0 Å². The van der Waals surface area contributed by atoms with E-state index in [4.69, 9.17) is 5.73 Å². The SMILES string of the molecule is NCC1=Nn2c(nnc2-c2cccs2)SC1. The largest absolute Gasteiger partial charge is 0.325 e. The summed E-state index contributed by atoms with van der Waals surface area (Å²) in [6, 6.07) is 4.00. The molecule has 2 aromatic heterocycles. The Kier molecular flexibility index (Phi) is 2.50. The molecule has 0 unspecified atom stereocenters. The van der Waals surface area contributed by atoms with Crippen LogP contribution in [0.3, 0.4) is 0 Å². The molecule has 2 aromatic rings. The normalized spacial score (nSPS) is 14.7. The Morgan fingerprint density at radius 1 is 1.44 bits per heavy atom. The molecule has 0 aliphatic carbocycles. The van der Waals surface area contributed by atoms with Gasteiger partial charge in [0.1, 0.15) is 0 Å². The quantitative estimate of drug-likeness (QED) is 0.872. The van der Waals surface area contributed by atoms with Gasteiger partial charge in [-0.05, 0) is 11.4 Å². The van der Waals surface area contributed by atoms with Crippen LogP contribution in [0.2, 0.25) is 0 Å². The number of hydrogen-bond acceptors (Lipinski definition) is 6. The van der Waals surface area contributed by atoms with Gasteiger partial charge < -0.3 is 5.73 Å². The number of fused-ring (bicyclic) bond motifs is 1. The van der Waals surface area contributed by atoms with E-state index in [2.05, 4.69) is 15.3 Å². The zero-order valence-electron chi connectivity index (χ0n) is 8.33. The van der Waals surface area contributed by atoms with Gasteiger partial charge in [-0.3, -0.25) is 0 Å². The van der Waals surface area contributed by atoms with Crippen LogP contribution < -0.4 is 5.73 Å². The number of rotatable bonds is 2. The van der Waals surface area contributed by atoms with Crippen LogP contribution in [0.25, 0.3) is 10.7 Å². The zero-order chi connectivity index (χ0) is 11.0. The first kappa shape index (κ1) is 10.0. The van der Waals surface area contributed by atoms with Crippen molar-refractivity contribution in [1.29, 1.82) is 0 Å². The highest BCUT2D eigenvalue weighted by Crippen LogP contribution is 2.29. The Labute approximate surface area is 100 Å². The van der Waals surface area contributed by atoms with Gasteiger partial charge in [-0.1, -0.05) is 17.8 Å². The topological polar surface area (TPSA) is 69.1 Å². The van der Waals surface area contributed by atoms with Crippen LogP contribution in [-0.4, -0.2) is 32.9 Å². The van der Waals surface area contributed by atoms with Crippen molar-refractivity contribution < 1.29 is 0 Å². The summed E-state index contributed by atoms with van der Waals surface area (Å²) < 4.78 is 1.78. The van der Waals surface area contributed by atoms with Gasteiger partial charge >= 0.3 is 0 Å². The maximum atomic E-state index is 5.60. The van der Waals surface area contributed by atoms with Crippen molar-refractivity contribution >= 4 is 28.8 Å². The van der Waals surface area contributed by atoms with Crippen LogP contribution in [-0.2, 0) is 0 Å². The van der Waals surface area contributed by atoms with Gasteiger partial charge in [-0.2, -0.15) is 9.78 Å². The summed E-state index contributed by atoms with van der Waals surface area (Å²) in [6.07, 6.45) is 0. The predicted molar refractivity (Wildman–Crippen MR) is 65.9 cm³/mol. The lowest BCUT2D eigenvalue weighted by Crippen LogP contribution is -2.21. The third kappa shape index (κ3) is 1.57. The average Bonchev–Trinajstić information content (AvgIpc) is 2.96. The molecule has 0 atom stereocenters. The Morgan fingerprint density at radius 2 is 2.38 bits per heavy atom. The Hall–Kier alpha value is -1.18. The molecule has 7 heteroatoms. The second kappa shape index (κ2) is 4.00. The molecular weight excluding hydrogens is 242 g/mol. The molecule has 0 saturated carbocycles. The van der Waals surface area contributed by atoms with Crippen LogP contribution in [0, 0.1) is 0 Å². The Morgan fingerprint density at radius 3 is 3.12 bits per heavy atom. The van der Waals surface area contributed by atoms with E-state index in [0.29, 0.717) is 6.54 Å². The standard InChI is InChI=1S/C9H9N5S2/c10-4-6-5-16-9-12-11-8(14(9)13-6)7-2-1-3-15-7/h1-3H,4-5,10H2. The van der Waals surface area contributed by atoms with Gasteiger partial charge in [0.05, 0.1) is 10.6 Å². The maximum Gasteiger partial charge on any atom is 0.212 e. The van der Waals surface area contributed by atoms with E-state index in [0.717, 1.165) is 27.3 Å². The fourth-order valence-corrected chi connectivity index (χ4v) is 2.94. The van der Waals surface area contributed by atoms with Crippen molar-refractivity contribution in [2.75, 3.05) is 12.3 Å². The molecular formula is C9H9N5S2. The minimum Gasteiger partial charge on any atom is -0.325 e. The summed E-state index contributed by atoms with van der Waals surface area (Å²) in [5, 5.41) is 15.6. The lowest BCUT2D eigenvalue weighted by Gasteiger charge is -2.11. The molecule has 3 rings (SSSR count). The molecule has 0 spiro atoms. The zero-order valence-corrected chi connectivity index (χ0v) is 9.96. The van der Waals surface area contributed by atoms with Crippen LogP contribution in [0.1, 0.15) is 0 Å². The molecule has 5 nitrogen and oxygen atoms in total. The number of nitrogens with zero attached hydrogens (tertiary/aromatic N) is 4. The second-order valence-electron chi connectivity index (χ2n) is 3.25. The predicted octanol–water partition coefficient (Wildman–Crippen LogP) is 1.28. The molecule has 3 heterocycles. The summed E-state index contributed by atoms with van der Waals surface area (Å²) >= 11 is 3.25. The highest BCUT2D eigenvalue weighted by Gasteiger charge is 2.19. The molecule has 0 aromatic carbocycles. The lowest BCUT2D eigenvalue weighted by atomic mass is 10.4. The number of hydrogen-bond donors (Lipinski definition) is 1. The minimum atomic E-state index is 0.481. The number of thioether (sulfide) groups is 1. The first-order valence-corrected chi connectivity index (χ1v) is 6.64. The average molecular weight is 251 g/mol. The smallest absolute Gasteiger partial charge is 0.212 e. The van der Waals surface area contributed by atoms with Gasteiger partial charge in [0.2, 0.25) is 5.16 Å². The van der Waals surface area contributed by atoms with E-state index in [1.165, 1.54) is 0 Å². The molecule has 0 radical (unpaired) electrons. The Bertz CT molecular complexity index is 528. The van der Waals surface area contributed by atoms with E-state index in [1.54, 1.807) is 27.8 Å². The van der Waals surface area contributed by atoms with E-state index < -0.39 is 0 Å². The number of nitrogens with two attached hydrogens (primary N) is 1. The van der Waals surface area contributed by atoms with Crippen LogP contribution in [0.5, 0.6) is 0 Å². The summed E-state index contributed by atoms with van der Waals surface area (Å²) in [7, 11) is 0. The molecule has 16 heavy (non-hydrogen) atoms. The van der Waals surface area contributed by atoms with Crippen LogP contribution in [0.4, 0.5) is 0 Å². The first-order chi connectivity index (χ1) is 7.88. The van der Waals surface area contributed by atoms with Gasteiger partial charge in [-0.15, -0.1) is 21.5 Å². The fourth-order valence-electron chi connectivity index (χ4n) is 1.42. The number of aromatic nitrogens is 3. The van der Waals surface area contributed by atoms with Gasteiger partial charge in [0.25, 0.3) is 0 Å². The lowest BCUT2D eigenvalue weighted by molar-refractivity contribution is 0.759. The first-order valence-electron chi connectivity index (χ1n) is 4.77. The van der Waals surface area contributed by atoms with E-state index in [9.17, 15) is 0 Å². The maximum absolute atomic E-state index is 5.60. The van der Waals surface area contributed by atoms with Crippen molar-refractivity contribution in [3.8, 4) is 10.7 Å². The molecule has 1 aliphatic heterocycles. The summed E-state index contributed by atoms with van der Waals surface area (Å²) in [4.78, 5) is 1.07. The molecule has 0 bridgehead atoms. The number of thiophene rings is 1. The van der Waals surface area contributed by atoms with Crippen molar-refractivity contribution in [2.24, 2.45) is 10.8 Å². The molecule has 1 aliphatic rings. The molecule has 82 valence electrons. The summed E-state index contributed by atoms with van der Waals surface area (Å²) in [5.41, 5.74) is 6.57. The highest BCUT2D eigenvalue weighted by molar-refractivity contribution is 7.99. The molecule has 0 saturated heterocycles. The van der Waals surface area contributed by atoms with Crippen molar-refractivity contribution in [2.45, 2.75) is 5.16 Å². The second-order valence-corrected chi connectivity index (χ2v) is 5.14. The summed E-state index contributed by atoms with van der Waals surface area (Å²) in [6.45, 7) is 0.481. The van der Waals surface area contributed by atoms with Gasteiger partial charge in [-0.25, -0.2) is 0 Å². The molecule has 0 amide bonds. The molecule has 0 fully saturated rings. The van der Waals surface area contributed by atoms with E-state index in [1.807, 2.05) is 17.5 Å². The van der Waals surface area contributed by atoms with Crippen molar-refractivity contribution in [3.05, 3.63) is 17.5 Å². The van der Waals surface area contributed by atoms with Gasteiger partial charge in [0.15, 0.2) is 5.82 Å². The monoisotopic (exact) mass is 251 g/mol. The Balaban J connectivity index is 2.11. The fraction of sp³-hybridized carbons (Fsp3) is 0.222. The third-order valence-corrected chi connectivity index (χ3v) is 4.05. The highest BCUT2D eigenvalue weighted by atomic mass is 32.2. The molecule has 2 N–H and O–H groups in total. The summed E-state index contributed by atoms with van der Waals surface area (Å²) in [5.74, 6) is 1.60. The van der Waals surface area contributed by atoms with Crippen LogP contribution in [0.15, 0.2) is 27.8 Å². The van der Waals surface area contributed by atoms with Crippen molar-refractivity contribution in [3.63, 3.8) is 0 Å². The van der Waals surface area contributed by atoms with Gasteiger partial charge in [0, 0.05) is 12.3 Å². The van der Waals surface area contributed by atoms with Crippen molar-refractivity contribution in [1.82, 2.24) is 14.9 Å². The minimum absolute atomic E-state index is 0.481. The van der Waals surface area contributed by atoms with E-state index >= 15 is 0 Å².